The van der Waals surface area contributed by atoms with E-state index < -0.39 is 11.6 Å². The maximum atomic E-state index is 12.9. The van der Waals surface area contributed by atoms with Gasteiger partial charge in [-0.1, -0.05) is 6.07 Å². The second-order valence-corrected chi connectivity index (χ2v) is 4.83. The van der Waals surface area contributed by atoms with Crippen LogP contribution in [-0.4, -0.2) is 10.8 Å². The molecular weight excluding hydrogens is 244 g/mol. The molecular formula is C12H9F2NOS. The number of aryl methyl sites for hydroxylation is 1. The first-order valence-electron chi connectivity index (χ1n) is 4.96. The number of halogens is 2. The predicted molar refractivity (Wildman–Crippen MR) is 61.2 cm³/mol. The van der Waals surface area contributed by atoms with Crippen molar-refractivity contribution in [3.8, 4) is 0 Å². The molecule has 88 valence electrons. The lowest BCUT2D eigenvalue weighted by atomic mass is 10.1. The molecule has 0 radical (unpaired) electrons. The fourth-order valence-electron chi connectivity index (χ4n) is 1.41. The molecule has 0 saturated heterocycles. The normalized spacial score (nSPS) is 10.5. The van der Waals surface area contributed by atoms with Crippen LogP contribution in [-0.2, 0) is 6.42 Å². The first-order chi connectivity index (χ1) is 8.06. The van der Waals surface area contributed by atoms with Gasteiger partial charge in [-0.15, -0.1) is 11.3 Å². The Balaban J connectivity index is 2.15. The molecule has 0 fully saturated rings. The van der Waals surface area contributed by atoms with E-state index in [1.54, 1.807) is 6.92 Å². The SMILES string of the molecule is Cc1ncc(C(=O)Cc2ccc(F)c(F)c2)s1. The number of thiazole rings is 1. The average Bonchev–Trinajstić information content (AvgIpc) is 2.70. The summed E-state index contributed by atoms with van der Waals surface area (Å²) in [5.74, 6) is -1.98. The van der Waals surface area contributed by atoms with Gasteiger partial charge in [0.1, 0.15) is 0 Å². The monoisotopic (exact) mass is 253 g/mol. The van der Waals surface area contributed by atoms with E-state index in [4.69, 9.17) is 0 Å². The van der Waals surface area contributed by atoms with Gasteiger partial charge < -0.3 is 0 Å². The van der Waals surface area contributed by atoms with E-state index >= 15 is 0 Å². The average molecular weight is 253 g/mol. The van der Waals surface area contributed by atoms with Crippen LogP contribution in [0.3, 0.4) is 0 Å². The maximum Gasteiger partial charge on any atom is 0.178 e. The van der Waals surface area contributed by atoms with Gasteiger partial charge in [0.15, 0.2) is 17.4 Å². The highest BCUT2D eigenvalue weighted by Gasteiger charge is 2.11. The van der Waals surface area contributed by atoms with E-state index in [9.17, 15) is 13.6 Å². The van der Waals surface area contributed by atoms with E-state index in [2.05, 4.69) is 4.98 Å². The van der Waals surface area contributed by atoms with Gasteiger partial charge in [0, 0.05) is 12.6 Å². The molecule has 0 amide bonds. The Labute approximate surface area is 101 Å². The van der Waals surface area contributed by atoms with Gasteiger partial charge in [-0.25, -0.2) is 13.8 Å². The van der Waals surface area contributed by atoms with Crippen LogP contribution in [0.1, 0.15) is 20.2 Å². The van der Waals surface area contributed by atoms with Gasteiger partial charge in [-0.3, -0.25) is 4.79 Å². The number of nitrogens with zero attached hydrogens (tertiary/aromatic N) is 1. The van der Waals surface area contributed by atoms with Crippen molar-refractivity contribution in [2.45, 2.75) is 13.3 Å². The first-order valence-corrected chi connectivity index (χ1v) is 5.77. The minimum atomic E-state index is -0.934. The summed E-state index contributed by atoms with van der Waals surface area (Å²) in [4.78, 5) is 16.3. The van der Waals surface area contributed by atoms with Gasteiger partial charge in [0.2, 0.25) is 0 Å². The summed E-state index contributed by atoms with van der Waals surface area (Å²) < 4.78 is 25.6. The van der Waals surface area contributed by atoms with E-state index in [1.807, 2.05) is 0 Å². The number of aromatic nitrogens is 1. The zero-order chi connectivity index (χ0) is 12.4. The molecule has 0 N–H and O–H groups in total. The van der Waals surface area contributed by atoms with Gasteiger partial charge in [-0.05, 0) is 24.6 Å². The zero-order valence-corrected chi connectivity index (χ0v) is 9.85. The topological polar surface area (TPSA) is 30.0 Å². The number of ketones is 1. The molecule has 1 aromatic carbocycles. The van der Waals surface area contributed by atoms with Gasteiger partial charge in [0.05, 0.1) is 9.88 Å². The quantitative estimate of drug-likeness (QED) is 0.786. The highest BCUT2D eigenvalue weighted by atomic mass is 32.1. The molecule has 0 bridgehead atoms. The van der Waals surface area contributed by atoms with Crippen molar-refractivity contribution in [2.24, 2.45) is 0 Å². The Morgan fingerprint density at radius 1 is 1.35 bits per heavy atom. The van der Waals surface area contributed by atoms with Gasteiger partial charge >= 0.3 is 0 Å². The fourth-order valence-corrected chi connectivity index (χ4v) is 2.13. The van der Waals surface area contributed by atoms with Crippen LogP contribution in [0.2, 0.25) is 0 Å². The third kappa shape index (κ3) is 2.74. The molecule has 5 heteroatoms. The van der Waals surface area contributed by atoms with Crippen LogP contribution >= 0.6 is 11.3 Å². The standard InChI is InChI=1S/C12H9F2NOS/c1-7-15-6-12(17-7)11(16)5-8-2-3-9(13)10(14)4-8/h2-4,6H,5H2,1H3. The van der Waals surface area contributed by atoms with Crippen LogP contribution in [0.4, 0.5) is 8.78 Å². The maximum absolute atomic E-state index is 12.9. The Morgan fingerprint density at radius 2 is 2.12 bits per heavy atom. The van der Waals surface area contributed by atoms with Crippen LogP contribution in [0.25, 0.3) is 0 Å². The molecule has 2 nitrogen and oxygen atoms in total. The van der Waals surface area contributed by atoms with E-state index in [1.165, 1.54) is 23.6 Å². The summed E-state index contributed by atoms with van der Waals surface area (Å²) in [7, 11) is 0. The summed E-state index contributed by atoms with van der Waals surface area (Å²) in [6, 6.07) is 3.47. The highest BCUT2D eigenvalue weighted by molar-refractivity contribution is 7.13. The Morgan fingerprint density at radius 3 is 2.71 bits per heavy atom. The van der Waals surface area contributed by atoms with Crippen molar-refractivity contribution < 1.29 is 13.6 Å². The van der Waals surface area contributed by atoms with E-state index in [0.717, 1.165) is 17.1 Å². The minimum Gasteiger partial charge on any atom is -0.293 e. The molecule has 0 spiro atoms. The molecule has 2 aromatic rings. The van der Waals surface area contributed by atoms with Crippen LogP contribution < -0.4 is 0 Å². The Hall–Kier alpha value is -1.62. The second-order valence-electron chi connectivity index (χ2n) is 3.59. The summed E-state index contributed by atoms with van der Waals surface area (Å²) in [6.45, 7) is 1.80. The molecule has 1 aromatic heterocycles. The molecule has 1 heterocycles. The first kappa shape index (κ1) is 11.9. The molecule has 0 unspecified atom stereocenters. The molecule has 0 saturated carbocycles. The number of carbonyl (C=O) groups excluding carboxylic acids is 1. The summed E-state index contributed by atoms with van der Waals surface area (Å²) in [6.07, 6.45) is 1.56. The predicted octanol–water partition coefficient (Wildman–Crippen LogP) is 3.16. The smallest absolute Gasteiger partial charge is 0.178 e. The van der Waals surface area contributed by atoms with Crippen LogP contribution in [0.15, 0.2) is 24.4 Å². The Kier molecular flexibility index (Phi) is 3.28. The number of benzene rings is 1. The fraction of sp³-hybridized carbons (Fsp3) is 0.167. The minimum absolute atomic E-state index is 0.0544. The highest BCUT2D eigenvalue weighted by Crippen LogP contribution is 2.16. The zero-order valence-electron chi connectivity index (χ0n) is 9.04. The molecule has 2 rings (SSSR count). The molecule has 0 aliphatic carbocycles. The lowest BCUT2D eigenvalue weighted by molar-refractivity contribution is 0.0996. The van der Waals surface area contributed by atoms with Crippen LogP contribution in [0.5, 0.6) is 0 Å². The summed E-state index contributed by atoms with van der Waals surface area (Å²) in [5, 5.41) is 0.804. The van der Waals surface area contributed by atoms with E-state index in [0.29, 0.717) is 10.4 Å². The third-order valence-corrected chi connectivity index (χ3v) is 3.20. The van der Waals surface area contributed by atoms with Gasteiger partial charge in [-0.2, -0.15) is 0 Å². The number of Topliss-reactive ketones (excluding diaryl/α,β-unsaturated/α-hetero) is 1. The number of hydrogen-bond acceptors (Lipinski definition) is 3. The van der Waals surface area contributed by atoms with Crippen molar-refractivity contribution >= 4 is 17.1 Å². The molecule has 0 aliphatic rings. The van der Waals surface area contributed by atoms with Crippen molar-refractivity contribution in [3.63, 3.8) is 0 Å². The lowest BCUT2D eigenvalue weighted by Gasteiger charge is -1.99. The van der Waals surface area contributed by atoms with Crippen LogP contribution in [0, 0.1) is 18.6 Å². The van der Waals surface area contributed by atoms with Crippen molar-refractivity contribution in [1.82, 2.24) is 4.98 Å². The summed E-state index contributed by atoms with van der Waals surface area (Å²) >= 11 is 1.29. The lowest BCUT2D eigenvalue weighted by Crippen LogP contribution is -2.02. The van der Waals surface area contributed by atoms with Crippen molar-refractivity contribution in [1.29, 1.82) is 0 Å². The number of rotatable bonds is 3. The largest absolute Gasteiger partial charge is 0.293 e. The second kappa shape index (κ2) is 4.71. The number of carbonyl (C=O) groups is 1. The van der Waals surface area contributed by atoms with E-state index in [-0.39, 0.29) is 12.2 Å². The van der Waals surface area contributed by atoms with Crippen molar-refractivity contribution in [2.75, 3.05) is 0 Å². The third-order valence-electron chi connectivity index (χ3n) is 2.24. The molecule has 0 aliphatic heterocycles. The Bertz CT molecular complexity index is 565. The van der Waals surface area contributed by atoms with Crippen molar-refractivity contribution in [3.05, 3.63) is 51.5 Å². The molecule has 17 heavy (non-hydrogen) atoms. The molecule has 0 atom stereocenters. The summed E-state index contributed by atoms with van der Waals surface area (Å²) in [5.41, 5.74) is 0.458. The van der Waals surface area contributed by atoms with Gasteiger partial charge in [0.25, 0.3) is 0 Å². The number of hydrogen-bond donors (Lipinski definition) is 0.